The van der Waals surface area contributed by atoms with Crippen LogP contribution in [0.3, 0.4) is 0 Å². The highest BCUT2D eigenvalue weighted by molar-refractivity contribution is 5.77. The molecule has 1 aromatic rings. The lowest BCUT2D eigenvalue weighted by molar-refractivity contribution is 0.910. The van der Waals surface area contributed by atoms with E-state index in [0.29, 0.717) is 6.42 Å². The molecule has 76 valence electrons. The number of hydrogen-bond donors (Lipinski definition) is 2. The van der Waals surface area contributed by atoms with Gasteiger partial charge in [-0.25, -0.2) is 0 Å². The molecule has 0 saturated heterocycles. The maximum Gasteiger partial charge on any atom is 0.0923 e. The van der Waals surface area contributed by atoms with E-state index in [4.69, 9.17) is 11.1 Å². The minimum atomic E-state index is 0.240. The maximum atomic E-state index is 7.14. The first kappa shape index (κ1) is 10.6. The number of amidine groups is 1. The predicted molar refractivity (Wildman–Crippen MR) is 61.0 cm³/mol. The van der Waals surface area contributed by atoms with Crippen molar-refractivity contribution in [1.82, 2.24) is 0 Å². The SMILES string of the molecule is Cc1cccc(N(C)CCC(=N)N)c1. The van der Waals surface area contributed by atoms with Gasteiger partial charge in [-0.1, -0.05) is 12.1 Å². The number of rotatable bonds is 4. The molecule has 1 aromatic carbocycles. The molecule has 0 aliphatic rings. The van der Waals surface area contributed by atoms with Crippen molar-refractivity contribution in [3.63, 3.8) is 0 Å². The van der Waals surface area contributed by atoms with Crippen molar-refractivity contribution in [3.8, 4) is 0 Å². The molecule has 0 fully saturated rings. The second kappa shape index (κ2) is 4.65. The van der Waals surface area contributed by atoms with Gasteiger partial charge in [0.1, 0.15) is 0 Å². The van der Waals surface area contributed by atoms with Crippen LogP contribution in [0, 0.1) is 12.3 Å². The average molecular weight is 191 g/mol. The van der Waals surface area contributed by atoms with E-state index in [1.807, 2.05) is 13.1 Å². The first-order valence-electron chi connectivity index (χ1n) is 4.70. The molecular weight excluding hydrogens is 174 g/mol. The lowest BCUT2D eigenvalue weighted by Gasteiger charge is -2.19. The number of hydrogen-bond acceptors (Lipinski definition) is 2. The summed E-state index contributed by atoms with van der Waals surface area (Å²) in [5.41, 5.74) is 7.73. The highest BCUT2D eigenvalue weighted by Gasteiger charge is 2.00. The number of nitrogens with zero attached hydrogens (tertiary/aromatic N) is 1. The molecule has 1 rings (SSSR count). The Morgan fingerprint density at radius 2 is 2.21 bits per heavy atom. The Labute approximate surface area is 85.0 Å². The first-order valence-corrected chi connectivity index (χ1v) is 4.70. The highest BCUT2D eigenvalue weighted by atomic mass is 15.1. The molecule has 3 N–H and O–H groups in total. The van der Waals surface area contributed by atoms with E-state index in [1.165, 1.54) is 11.3 Å². The van der Waals surface area contributed by atoms with Crippen molar-refractivity contribution in [2.75, 3.05) is 18.5 Å². The second-order valence-corrected chi connectivity index (χ2v) is 3.54. The molecule has 0 aliphatic heterocycles. The lowest BCUT2D eigenvalue weighted by Crippen LogP contribution is -2.23. The first-order chi connectivity index (χ1) is 6.59. The molecule has 0 heterocycles. The Morgan fingerprint density at radius 1 is 1.50 bits per heavy atom. The van der Waals surface area contributed by atoms with Crippen molar-refractivity contribution >= 4 is 11.5 Å². The highest BCUT2D eigenvalue weighted by Crippen LogP contribution is 2.13. The van der Waals surface area contributed by atoms with Crippen LogP contribution in [0.15, 0.2) is 24.3 Å². The van der Waals surface area contributed by atoms with Crippen LogP contribution in [0.25, 0.3) is 0 Å². The quantitative estimate of drug-likeness (QED) is 0.563. The zero-order valence-corrected chi connectivity index (χ0v) is 8.75. The number of anilines is 1. The van der Waals surface area contributed by atoms with Gasteiger partial charge in [-0.05, 0) is 24.6 Å². The molecule has 0 spiro atoms. The standard InChI is InChI=1S/C11H17N3/c1-9-4-3-5-10(8-9)14(2)7-6-11(12)13/h3-5,8H,6-7H2,1-2H3,(H3,12,13). The van der Waals surface area contributed by atoms with E-state index in [2.05, 4.69) is 30.0 Å². The number of aryl methyl sites for hydroxylation is 1. The lowest BCUT2D eigenvalue weighted by atomic mass is 10.2. The van der Waals surface area contributed by atoms with Crippen LogP contribution in [-0.4, -0.2) is 19.4 Å². The van der Waals surface area contributed by atoms with Crippen LogP contribution in [0.1, 0.15) is 12.0 Å². The largest absolute Gasteiger partial charge is 0.388 e. The van der Waals surface area contributed by atoms with Crippen molar-refractivity contribution in [3.05, 3.63) is 29.8 Å². The van der Waals surface area contributed by atoms with Gasteiger partial charge in [0.25, 0.3) is 0 Å². The summed E-state index contributed by atoms with van der Waals surface area (Å²) in [6, 6.07) is 8.30. The molecule has 0 radical (unpaired) electrons. The van der Waals surface area contributed by atoms with Gasteiger partial charge in [-0.2, -0.15) is 0 Å². The monoisotopic (exact) mass is 191 g/mol. The number of nitrogens with two attached hydrogens (primary N) is 1. The second-order valence-electron chi connectivity index (χ2n) is 3.54. The van der Waals surface area contributed by atoms with Gasteiger partial charge in [0.15, 0.2) is 0 Å². The summed E-state index contributed by atoms with van der Waals surface area (Å²) >= 11 is 0. The van der Waals surface area contributed by atoms with Crippen molar-refractivity contribution in [1.29, 1.82) is 5.41 Å². The molecule has 0 aliphatic carbocycles. The molecule has 0 aromatic heterocycles. The normalized spacial score (nSPS) is 9.86. The number of benzene rings is 1. The van der Waals surface area contributed by atoms with E-state index < -0.39 is 0 Å². The fourth-order valence-electron chi connectivity index (χ4n) is 1.28. The van der Waals surface area contributed by atoms with Crippen LogP contribution in [0.5, 0.6) is 0 Å². The van der Waals surface area contributed by atoms with Crippen LogP contribution in [-0.2, 0) is 0 Å². The summed E-state index contributed by atoms with van der Waals surface area (Å²) in [6.45, 7) is 2.86. The van der Waals surface area contributed by atoms with Gasteiger partial charge in [0.2, 0.25) is 0 Å². The number of nitrogens with one attached hydrogen (secondary N) is 1. The molecule has 3 heteroatoms. The average Bonchev–Trinajstić information content (AvgIpc) is 2.14. The van der Waals surface area contributed by atoms with E-state index in [-0.39, 0.29) is 5.84 Å². The van der Waals surface area contributed by atoms with Crippen LogP contribution < -0.4 is 10.6 Å². The van der Waals surface area contributed by atoms with Gasteiger partial charge in [-0.15, -0.1) is 0 Å². The Morgan fingerprint density at radius 3 is 2.79 bits per heavy atom. The topological polar surface area (TPSA) is 53.1 Å². The van der Waals surface area contributed by atoms with E-state index in [0.717, 1.165) is 6.54 Å². The van der Waals surface area contributed by atoms with Crippen LogP contribution in [0.2, 0.25) is 0 Å². The Hall–Kier alpha value is -1.51. The minimum absolute atomic E-state index is 0.240. The summed E-state index contributed by atoms with van der Waals surface area (Å²) < 4.78 is 0. The van der Waals surface area contributed by atoms with E-state index >= 15 is 0 Å². The molecular formula is C11H17N3. The van der Waals surface area contributed by atoms with Gasteiger partial charge in [-0.3, -0.25) is 5.41 Å². The fourth-order valence-corrected chi connectivity index (χ4v) is 1.28. The maximum absolute atomic E-state index is 7.14. The zero-order valence-electron chi connectivity index (χ0n) is 8.75. The Balaban J connectivity index is 2.60. The smallest absolute Gasteiger partial charge is 0.0923 e. The molecule has 0 bridgehead atoms. The fraction of sp³-hybridized carbons (Fsp3) is 0.364. The van der Waals surface area contributed by atoms with Crippen molar-refractivity contribution < 1.29 is 0 Å². The molecule has 0 atom stereocenters. The van der Waals surface area contributed by atoms with Gasteiger partial charge in [0, 0.05) is 25.7 Å². The summed E-state index contributed by atoms with van der Waals surface area (Å²) in [6.07, 6.45) is 0.616. The molecule has 0 saturated carbocycles. The van der Waals surface area contributed by atoms with Crippen LogP contribution >= 0.6 is 0 Å². The minimum Gasteiger partial charge on any atom is -0.388 e. The summed E-state index contributed by atoms with van der Waals surface area (Å²) in [4.78, 5) is 2.11. The third-order valence-corrected chi connectivity index (χ3v) is 2.16. The van der Waals surface area contributed by atoms with Crippen molar-refractivity contribution in [2.24, 2.45) is 5.73 Å². The Bertz CT molecular complexity index is 320. The van der Waals surface area contributed by atoms with E-state index in [9.17, 15) is 0 Å². The van der Waals surface area contributed by atoms with Gasteiger partial charge >= 0.3 is 0 Å². The zero-order chi connectivity index (χ0) is 10.6. The summed E-state index contributed by atoms with van der Waals surface area (Å²) in [7, 11) is 2.01. The summed E-state index contributed by atoms with van der Waals surface area (Å²) in [5.74, 6) is 0.240. The Kier molecular flexibility index (Phi) is 3.51. The molecule has 0 amide bonds. The third-order valence-electron chi connectivity index (χ3n) is 2.16. The summed E-state index contributed by atoms with van der Waals surface area (Å²) in [5, 5.41) is 7.14. The van der Waals surface area contributed by atoms with Gasteiger partial charge in [0.05, 0.1) is 5.84 Å². The van der Waals surface area contributed by atoms with Crippen LogP contribution in [0.4, 0.5) is 5.69 Å². The van der Waals surface area contributed by atoms with Crippen molar-refractivity contribution in [2.45, 2.75) is 13.3 Å². The van der Waals surface area contributed by atoms with E-state index in [1.54, 1.807) is 0 Å². The molecule has 3 nitrogen and oxygen atoms in total. The third kappa shape index (κ3) is 3.09. The van der Waals surface area contributed by atoms with Gasteiger partial charge < -0.3 is 10.6 Å². The molecule has 0 unspecified atom stereocenters. The molecule has 14 heavy (non-hydrogen) atoms. The predicted octanol–water partition coefficient (Wildman–Crippen LogP) is 1.76.